The molecule has 0 aliphatic heterocycles. The summed E-state index contributed by atoms with van der Waals surface area (Å²) in [7, 11) is 0. The van der Waals surface area contributed by atoms with Crippen LogP contribution in [0.1, 0.15) is 17.4 Å². The molecule has 0 fully saturated rings. The molecule has 2 rings (SSSR count). The molecule has 0 saturated carbocycles. The molecule has 18 heavy (non-hydrogen) atoms. The number of carboxylic acids is 1. The average molecular weight is 243 g/mol. The second-order valence-corrected chi connectivity index (χ2v) is 3.83. The second-order valence-electron chi connectivity index (χ2n) is 3.83. The van der Waals surface area contributed by atoms with Crippen LogP contribution in [0.15, 0.2) is 48.7 Å². The van der Waals surface area contributed by atoms with Gasteiger partial charge in [0.05, 0.1) is 5.69 Å². The van der Waals surface area contributed by atoms with Crippen LogP contribution in [0, 0.1) is 6.92 Å². The van der Waals surface area contributed by atoms with E-state index in [1.54, 1.807) is 49.5 Å². The SMILES string of the molecule is Cc1ncccc1OC(C(=O)O)c1ccccc1. The fourth-order valence-corrected chi connectivity index (χ4v) is 1.61. The summed E-state index contributed by atoms with van der Waals surface area (Å²) in [5.74, 6) is -0.543. The third-order valence-corrected chi connectivity index (χ3v) is 2.53. The number of rotatable bonds is 4. The van der Waals surface area contributed by atoms with Crippen molar-refractivity contribution in [1.29, 1.82) is 0 Å². The summed E-state index contributed by atoms with van der Waals surface area (Å²) in [5.41, 5.74) is 1.27. The monoisotopic (exact) mass is 243 g/mol. The Balaban J connectivity index is 2.28. The zero-order valence-corrected chi connectivity index (χ0v) is 9.91. The largest absolute Gasteiger partial charge is 0.478 e. The van der Waals surface area contributed by atoms with Crippen LogP contribution in [0.5, 0.6) is 5.75 Å². The van der Waals surface area contributed by atoms with Crippen LogP contribution >= 0.6 is 0 Å². The minimum atomic E-state index is -1.02. The number of pyridine rings is 1. The zero-order chi connectivity index (χ0) is 13.0. The van der Waals surface area contributed by atoms with Crippen molar-refractivity contribution in [3.63, 3.8) is 0 Å². The highest BCUT2D eigenvalue weighted by Crippen LogP contribution is 2.23. The fraction of sp³-hybridized carbons (Fsp3) is 0.143. The van der Waals surface area contributed by atoms with Crippen molar-refractivity contribution in [1.82, 2.24) is 4.98 Å². The van der Waals surface area contributed by atoms with Crippen LogP contribution in [-0.4, -0.2) is 16.1 Å². The molecule has 1 aromatic carbocycles. The molecule has 0 radical (unpaired) electrons. The Labute approximate surface area is 105 Å². The predicted octanol–water partition coefficient (Wildman–Crippen LogP) is 2.59. The van der Waals surface area contributed by atoms with E-state index < -0.39 is 12.1 Å². The lowest BCUT2D eigenvalue weighted by molar-refractivity contribution is -0.145. The first kappa shape index (κ1) is 12.1. The molecule has 0 amide bonds. The number of ether oxygens (including phenoxy) is 1. The van der Waals surface area contributed by atoms with Crippen LogP contribution in [0.25, 0.3) is 0 Å². The molecule has 4 nitrogen and oxygen atoms in total. The molecule has 0 bridgehead atoms. The molecule has 1 N–H and O–H groups in total. The maximum atomic E-state index is 11.3. The number of hydrogen-bond acceptors (Lipinski definition) is 3. The van der Waals surface area contributed by atoms with Gasteiger partial charge in [0.1, 0.15) is 5.75 Å². The second kappa shape index (κ2) is 5.31. The summed E-state index contributed by atoms with van der Waals surface area (Å²) in [6.45, 7) is 1.78. The molecule has 0 aliphatic rings. The van der Waals surface area contributed by atoms with Gasteiger partial charge < -0.3 is 9.84 Å². The Morgan fingerprint density at radius 2 is 1.94 bits per heavy atom. The standard InChI is InChI=1S/C14H13NO3/c1-10-12(8-5-9-15-10)18-13(14(16)17)11-6-3-2-4-7-11/h2-9,13H,1H3,(H,16,17). The zero-order valence-electron chi connectivity index (χ0n) is 9.91. The summed E-state index contributed by atoms with van der Waals surface area (Å²) in [6.07, 6.45) is 0.620. The van der Waals surface area contributed by atoms with Gasteiger partial charge in [-0.2, -0.15) is 0 Å². The lowest BCUT2D eigenvalue weighted by atomic mass is 10.1. The van der Waals surface area contributed by atoms with Crippen molar-refractivity contribution in [2.75, 3.05) is 0 Å². The van der Waals surface area contributed by atoms with E-state index in [9.17, 15) is 9.90 Å². The Bertz CT molecular complexity index is 540. The highest BCUT2D eigenvalue weighted by molar-refractivity contribution is 5.74. The molecule has 0 aliphatic carbocycles. The maximum Gasteiger partial charge on any atom is 0.349 e. The van der Waals surface area contributed by atoms with Gasteiger partial charge in [0.15, 0.2) is 0 Å². The van der Waals surface area contributed by atoms with E-state index in [0.29, 0.717) is 17.0 Å². The molecule has 1 atom stereocenters. The summed E-state index contributed by atoms with van der Waals surface area (Å²) >= 11 is 0. The Kier molecular flexibility index (Phi) is 3.57. The van der Waals surface area contributed by atoms with Crippen molar-refractivity contribution in [2.24, 2.45) is 0 Å². The lowest BCUT2D eigenvalue weighted by Crippen LogP contribution is -2.18. The summed E-state index contributed by atoms with van der Waals surface area (Å²) in [6, 6.07) is 12.3. The van der Waals surface area contributed by atoms with Crippen LogP contribution in [0.3, 0.4) is 0 Å². The topological polar surface area (TPSA) is 59.4 Å². The van der Waals surface area contributed by atoms with E-state index in [4.69, 9.17) is 4.74 Å². The molecule has 92 valence electrons. The van der Waals surface area contributed by atoms with E-state index in [2.05, 4.69) is 4.98 Å². The number of aromatic nitrogens is 1. The van der Waals surface area contributed by atoms with Crippen LogP contribution < -0.4 is 4.74 Å². The van der Waals surface area contributed by atoms with E-state index in [-0.39, 0.29) is 0 Å². The van der Waals surface area contributed by atoms with Crippen molar-refractivity contribution in [3.05, 3.63) is 59.9 Å². The van der Waals surface area contributed by atoms with Gasteiger partial charge in [0.2, 0.25) is 6.10 Å². The average Bonchev–Trinajstić information content (AvgIpc) is 2.38. The molecule has 1 aromatic heterocycles. The Morgan fingerprint density at radius 3 is 2.56 bits per heavy atom. The third kappa shape index (κ3) is 2.66. The number of hydrogen-bond donors (Lipinski definition) is 1. The Hall–Kier alpha value is -2.36. The van der Waals surface area contributed by atoms with Crippen LogP contribution in [-0.2, 0) is 4.79 Å². The summed E-state index contributed by atoms with van der Waals surface area (Å²) in [4.78, 5) is 15.3. The lowest BCUT2D eigenvalue weighted by Gasteiger charge is -2.16. The molecule has 0 saturated heterocycles. The van der Waals surface area contributed by atoms with Gasteiger partial charge >= 0.3 is 5.97 Å². The van der Waals surface area contributed by atoms with Crippen LogP contribution in [0.2, 0.25) is 0 Å². The van der Waals surface area contributed by atoms with E-state index in [0.717, 1.165) is 0 Å². The van der Waals surface area contributed by atoms with Crippen molar-refractivity contribution >= 4 is 5.97 Å². The molecular formula is C14H13NO3. The van der Waals surface area contributed by atoms with E-state index >= 15 is 0 Å². The van der Waals surface area contributed by atoms with Crippen molar-refractivity contribution in [3.8, 4) is 5.75 Å². The van der Waals surface area contributed by atoms with Gasteiger partial charge in [0, 0.05) is 11.8 Å². The predicted molar refractivity (Wildman–Crippen MR) is 66.4 cm³/mol. The van der Waals surface area contributed by atoms with Crippen molar-refractivity contribution < 1.29 is 14.6 Å². The van der Waals surface area contributed by atoms with Crippen molar-refractivity contribution in [2.45, 2.75) is 13.0 Å². The number of nitrogens with zero attached hydrogens (tertiary/aromatic N) is 1. The maximum absolute atomic E-state index is 11.3. The molecule has 0 spiro atoms. The number of aryl methyl sites for hydroxylation is 1. The van der Waals surface area contributed by atoms with Gasteiger partial charge in [-0.25, -0.2) is 4.79 Å². The van der Waals surface area contributed by atoms with Gasteiger partial charge in [-0.3, -0.25) is 4.98 Å². The smallest absolute Gasteiger partial charge is 0.349 e. The van der Waals surface area contributed by atoms with Gasteiger partial charge in [0.25, 0.3) is 0 Å². The number of carboxylic acid groups (broad SMARTS) is 1. The molecule has 1 heterocycles. The van der Waals surface area contributed by atoms with Gasteiger partial charge in [-0.05, 0) is 19.1 Å². The van der Waals surface area contributed by atoms with Crippen LogP contribution in [0.4, 0.5) is 0 Å². The highest BCUT2D eigenvalue weighted by Gasteiger charge is 2.22. The molecular weight excluding hydrogens is 230 g/mol. The number of aliphatic carboxylic acids is 1. The number of carbonyl (C=O) groups is 1. The van der Waals surface area contributed by atoms with E-state index in [1.807, 2.05) is 6.07 Å². The molecule has 4 heteroatoms. The Morgan fingerprint density at radius 1 is 1.22 bits per heavy atom. The van der Waals surface area contributed by atoms with Gasteiger partial charge in [-0.15, -0.1) is 0 Å². The number of benzene rings is 1. The summed E-state index contributed by atoms with van der Waals surface area (Å²) < 4.78 is 5.53. The third-order valence-electron chi connectivity index (χ3n) is 2.53. The van der Waals surface area contributed by atoms with Gasteiger partial charge in [-0.1, -0.05) is 30.3 Å². The minimum Gasteiger partial charge on any atom is -0.478 e. The first-order valence-electron chi connectivity index (χ1n) is 5.54. The summed E-state index contributed by atoms with van der Waals surface area (Å²) in [5, 5.41) is 9.23. The quantitative estimate of drug-likeness (QED) is 0.896. The van der Waals surface area contributed by atoms with E-state index in [1.165, 1.54) is 0 Å². The highest BCUT2D eigenvalue weighted by atomic mass is 16.5. The molecule has 1 unspecified atom stereocenters. The molecule has 2 aromatic rings. The fourth-order valence-electron chi connectivity index (χ4n) is 1.61. The minimum absolute atomic E-state index is 0.480. The first-order chi connectivity index (χ1) is 8.68. The normalized spacial score (nSPS) is 11.8. The first-order valence-corrected chi connectivity index (χ1v) is 5.54.